The lowest BCUT2D eigenvalue weighted by atomic mass is 10.1. The fourth-order valence-electron chi connectivity index (χ4n) is 1.47. The molecule has 1 N–H and O–H groups in total. The zero-order valence-electron chi connectivity index (χ0n) is 8.76. The van der Waals surface area contributed by atoms with Gasteiger partial charge in [0.2, 0.25) is 0 Å². The number of rotatable bonds is 2. The molecule has 0 saturated heterocycles. The summed E-state index contributed by atoms with van der Waals surface area (Å²) in [6.45, 7) is 1.83. The average Bonchev–Trinajstić information content (AvgIpc) is 2.28. The van der Waals surface area contributed by atoms with Gasteiger partial charge in [-0.15, -0.1) is 0 Å². The Balaban J connectivity index is 2.35. The topological polar surface area (TPSA) is 46.0 Å². The predicted molar refractivity (Wildman–Crippen MR) is 57.2 cm³/mol. The van der Waals surface area contributed by atoms with Gasteiger partial charge in [-0.25, -0.2) is 4.39 Å². The molecular formula is C12H11FN2O. The highest BCUT2D eigenvalue weighted by atomic mass is 19.1. The zero-order valence-corrected chi connectivity index (χ0v) is 8.76. The molecule has 0 bridgehead atoms. The van der Waals surface area contributed by atoms with Crippen molar-refractivity contribution in [2.24, 2.45) is 0 Å². The fourth-order valence-corrected chi connectivity index (χ4v) is 1.47. The number of aliphatic hydroxyl groups excluding tert-OH is 1. The molecule has 0 aliphatic rings. The normalized spacial score (nSPS) is 12.4. The van der Waals surface area contributed by atoms with Crippen LogP contribution in [-0.2, 0) is 0 Å². The van der Waals surface area contributed by atoms with Crippen LogP contribution in [0.3, 0.4) is 0 Å². The van der Waals surface area contributed by atoms with Crippen LogP contribution in [0.1, 0.15) is 23.1 Å². The SMILES string of the molecule is Cc1cccc(C(O)c2cncc(F)c2)n1. The van der Waals surface area contributed by atoms with Crippen LogP contribution in [0.5, 0.6) is 0 Å². The molecule has 1 unspecified atom stereocenters. The van der Waals surface area contributed by atoms with E-state index in [9.17, 15) is 9.50 Å². The Morgan fingerprint density at radius 1 is 1.31 bits per heavy atom. The minimum Gasteiger partial charge on any atom is -0.382 e. The molecule has 0 aromatic carbocycles. The molecule has 82 valence electrons. The summed E-state index contributed by atoms with van der Waals surface area (Å²) in [6.07, 6.45) is 1.58. The van der Waals surface area contributed by atoms with E-state index in [4.69, 9.17) is 0 Å². The van der Waals surface area contributed by atoms with Crippen LogP contribution in [0, 0.1) is 12.7 Å². The molecular weight excluding hydrogens is 207 g/mol. The molecule has 4 heteroatoms. The minimum atomic E-state index is -0.942. The summed E-state index contributed by atoms with van der Waals surface area (Å²) in [6, 6.07) is 6.58. The number of nitrogens with zero attached hydrogens (tertiary/aromatic N) is 2. The zero-order chi connectivity index (χ0) is 11.5. The molecule has 0 amide bonds. The summed E-state index contributed by atoms with van der Waals surface area (Å²) < 4.78 is 12.9. The van der Waals surface area contributed by atoms with Crippen LogP contribution < -0.4 is 0 Å². The first-order valence-electron chi connectivity index (χ1n) is 4.89. The van der Waals surface area contributed by atoms with Gasteiger partial charge in [0.05, 0.1) is 11.9 Å². The Morgan fingerprint density at radius 3 is 2.81 bits per heavy atom. The number of pyridine rings is 2. The second-order valence-electron chi connectivity index (χ2n) is 3.54. The van der Waals surface area contributed by atoms with Gasteiger partial charge in [0.15, 0.2) is 0 Å². The van der Waals surface area contributed by atoms with Gasteiger partial charge in [0.25, 0.3) is 0 Å². The van der Waals surface area contributed by atoms with Crippen LogP contribution in [0.25, 0.3) is 0 Å². The van der Waals surface area contributed by atoms with Gasteiger partial charge in [-0.2, -0.15) is 0 Å². The highest BCUT2D eigenvalue weighted by molar-refractivity contribution is 5.24. The van der Waals surface area contributed by atoms with Crippen molar-refractivity contribution in [3.8, 4) is 0 Å². The molecule has 0 fully saturated rings. The van der Waals surface area contributed by atoms with E-state index < -0.39 is 11.9 Å². The second-order valence-corrected chi connectivity index (χ2v) is 3.54. The smallest absolute Gasteiger partial charge is 0.141 e. The van der Waals surface area contributed by atoms with Gasteiger partial charge in [0, 0.05) is 17.5 Å². The van der Waals surface area contributed by atoms with Gasteiger partial charge in [-0.1, -0.05) is 6.07 Å². The van der Waals surface area contributed by atoms with Crippen molar-refractivity contribution in [1.82, 2.24) is 9.97 Å². The van der Waals surface area contributed by atoms with E-state index >= 15 is 0 Å². The predicted octanol–water partition coefficient (Wildman–Crippen LogP) is 2.01. The van der Waals surface area contributed by atoms with Gasteiger partial charge in [0.1, 0.15) is 11.9 Å². The van der Waals surface area contributed by atoms with Crippen molar-refractivity contribution < 1.29 is 9.50 Å². The molecule has 16 heavy (non-hydrogen) atoms. The van der Waals surface area contributed by atoms with Crippen LogP contribution in [0.4, 0.5) is 4.39 Å². The van der Waals surface area contributed by atoms with Crippen LogP contribution in [-0.4, -0.2) is 15.1 Å². The molecule has 3 nitrogen and oxygen atoms in total. The molecule has 2 heterocycles. The number of aromatic nitrogens is 2. The maximum absolute atomic E-state index is 12.9. The van der Waals surface area contributed by atoms with E-state index in [1.807, 2.05) is 13.0 Å². The Kier molecular flexibility index (Phi) is 2.92. The van der Waals surface area contributed by atoms with E-state index in [-0.39, 0.29) is 0 Å². The molecule has 0 aliphatic heterocycles. The number of aliphatic hydroxyl groups is 1. The van der Waals surface area contributed by atoms with Crippen molar-refractivity contribution in [2.45, 2.75) is 13.0 Å². The summed E-state index contributed by atoms with van der Waals surface area (Å²) >= 11 is 0. The third kappa shape index (κ3) is 2.23. The van der Waals surface area contributed by atoms with E-state index in [0.29, 0.717) is 11.3 Å². The Hall–Kier alpha value is -1.81. The van der Waals surface area contributed by atoms with Crippen LogP contribution in [0.15, 0.2) is 36.7 Å². The fraction of sp³-hybridized carbons (Fsp3) is 0.167. The Labute approximate surface area is 92.6 Å². The molecule has 0 aliphatic carbocycles. The molecule has 1 atom stereocenters. The first kappa shape index (κ1) is 10.7. The maximum atomic E-state index is 12.9. The summed E-state index contributed by atoms with van der Waals surface area (Å²) in [7, 11) is 0. The van der Waals surface area contributed by atoms with Gasteiger partial charge >= 0.3 is 0 Å². The lowest BCUT2D eigenvalue weighted by Gasteiger charge is -2.10. The van der Waals surface area contributed by atoms with Gasteiger partial charge < -0.3 is 5.11 Å². The summed E-state index contributed by atoms with van der Waals surface area (Å²) in [5.41, 5.74) is 1.70. The van der Waals surface area contributed by atoms with E-state index in [0.717, 1.165) is 11.9 Å². The standard InChI is InChI=1S/C12H11FN2O/c1-8-3-2-4-11(15-8)12(16)9-5-10(13)7-14-6-9/h2-7,12,16H,1H3. The number of hydrogen-bond acceptors (Lipinski definition) is 3. The van der Waals surface area contributed by atoms with E-state index in [1.165, 1.54) is 12.3 Å². The molecule has 2 rings (SSSR count). The van der Waals surface area contributed by atoms with Crippen molar-refractivity contribution in [1.29, 1.82) is 0 Å². The second kappa shape index (κ2) is 4.37. The summed E-state index contributed by atoms with van der Waals surface area (Å²) in [4.78, 5) is 7.87. The van der Waals surface area contributed by atoms with Crippen molar-refractivity contribution in [3.63, 3.8) is 0 Å². The highest BCUT2D eigenvalue weighted by Crippen LogP contribution is 2.19. The first-order valence-corrected chi connectivity index (χ1v) is 4.89. The Morgan fingerprint density at radius 2 is 2.12 bits per heavy atom. The Bertz CT molecular complexity index is 456. The largest absolute Gasteiger partial charge is 0.382 e. The van der Waals surface area contributed by atoms with Gasteiger partial charge in [-0.3, -0.25) is 9.97 Å². The third-order valence-corrected chi connectivity index (χ3v) is 2.23. The molecule has 0 spiro atoms. The van der Waals surface area contributed by atoms with Crippen LogP contribution in [0.2, 0.25) is 0 Å². The molecule has 0 radical (unpaired) electrons. The van der Waals surface area contributed by atoms with Crippen molar-refractivity contribution >= 4 is 0 Å². The lowest BCUT2D eigenvalue weighted by molar-refractivity contribution is 0.214. The average molecular weight is 218 g/mol. The summed E-state index contributed by atoms with van der Waals surface area (Å²) in [5, 5.41) is 9.97. The maximum Gasteiger partial charge on any atom is 0.141 e. The number of hydrogen-bond donors (Lipinski definition) is 1. The van der Waals surface area contributed by atoms with E-state index in [2.05, 4.69) is 9.97 Å². The molecule has 2 aromatic heterocycles. The third-order valence-electron chi connectivity index (χ3n) is 2.23. The monoisotopic (exact) mass is 218 g/mol. The lowest BCUT2D eigenvalue weighted by Crippen LogP contribution is -2.04. The van der Waals surface area contributed by atoms with Gasteiger partial charge in [-0.05, 0) is 25.1 Å². The minimum absolute atomic E-state index is 0.401. The number of aryl methyl sites for hydroxylation is 1. The quantitative estimate of drug-likeness (QED) is 0.838. The van der Waals surface area contributed by atoms with Crippen molar-refractivity contribution in [2.75, 3.05) is 0 Å². The van der Waals surface area contributed by atoms with Crippen LogP contribution >= 0.6 is 0 Å². The van der Waals surface area contributed by atoms with Crippen molar-refractivity contribution in [3.05, 3.63) is 59.4 Å². The highest BCUT2D eigenvalue weighted by Gasteiger charge is 2.12. The molecule has 2 aromatic rings. The first-order chi connectivity index (χ1) is 7.66. The molecule has 0 saturated carbocycles. The van der Waals surface area contributed by atoms with E-state index in [1.54, 1.807) is 12.1 Å². The number of halogens is 1. The summed E-state index contributed by atoms with van der Waals surface area (Å²) in [5.74, 6) is -0.468.